The van der Waals surface area contributed by atoms with Gasteiger partial charge in [-0.2, -0.15) is 0 Å². The minimum absolute atomic E-state index is 1.10. The molecule has 0 amide bonds. The van der Waals surface area contributed by atoms with Crippen molar-refractivity contribution in [3.05, 3.63) is 36.0 Å². The second kappa shape index (κ2) is 11.2. The standard InChI is InChI=1S/C11H18.C2H6/c1-5-9-11(8-4)10(6-2)7-3;1-2/h5-6,9H,1,7-8H2,2-4H3;1-2H3/b10-6-,11-9-;. The summed E-state index contributed by atoms with van der Waals surface area (Å²) in [5.74, 6) is 0. The average Bonchev–Trinajstić information content (AvgIpc) is 2.21. The van der Waals surface area contributed by atoms with Gasteiger partial charge in [0.1, 0.15) is 0 Å². The zero-order chi connectivity index (χ0) is 10.7. The number of allylic oxidation sites excluding steroid dienone is 5. The maximum atomic E-state index is 3.70. The summed E-state index contributed by atoms with van der Waals surface area (Å²) >= 11 is 0. The SMILES string of the molecule is C=C/C=C(CC)\C(=C/C)CC.CC. The molecule has 0 aliphatic heterocycles. The Balaban J connectivity index is 0. The van der Waals surface area contributed by atoms with E-state index in [9.17, 15) is 0 Å². The molecule has 0 aliphatic carbocycles. The minimum atomic E-state index is 1.10. The van der Waals surface area contributed by atoms with Crippen molar-refractivity contribution in [3.8, 4) is 0 Å². The van der Waals surface area contributed by atoms with E-state index in [1.54, 1.807) is 0 Å². The molecule has 0 saturated carbocycles. The monoisotopic (exact) mass is 180 g/mol. The first-order valence-corrected chi connectivity index (χ1v) is 5.27. The maximum absolute atomic E-state index is 3.70. The highest BCUT2D eigenvalue weighted by molar-refractivity contribution is 5.32. The van der Waals surface area contributed by atoms with Crippen LogP contribution in [0.2, 0.25) is 0 Å². The summed E-state index contributed by atoms with van der Waals surface area (Å²) in [6.45, 7) is 14.1. The van der Waals surface area contributed by atoms with Gasteiger partial charge >= 0.3 is 0 Å². The van der Waals surface area contributed by atoms with Gasteiger partial charge in [0.05, 0.1) is 0 Å². The fourth-order valence-corrected chi connectivity index (χ4v) is 1.21. The molecule has 0 atom stereocenters. The molecule has 0 saturated heterocycles. The molecular weight excluding hydrogens is 156 g/mol. The largest absolute Gasteiger partial charge is 0.0991 e. The Morgan fingerprint density at radius 3 is 1.77 bits per heavy atom. The molecule has 13 heavy (non-hydrogen) atoms. The molecule has 0 fully saturated rings. The molecule has 0 unspecified atom stereocenters. The first-order valence-electron chi connectivity index (χ1n) is 5.27. The Kier molecular flexibility index (Phi) is 12.7. The fourth-order valence-electron chi connectivity index (χ4n) is 1.21. The molecule has 0 radical (unpaired) electrons. The van der Waals surface area contributed by atoms with Crippen LogP contribution in [0.15, 0.2) is 36.0 Å². The van der Waals surface area contributed by atoms with E-state index in [2.05, 4.69) is 39.5 Å². The third-order valence-electron chi connectivity index (χ3n) is 1.84. The van der Waals surface area contributed by atoms with Gasteiger partial charge in [0.15, 0.2) is 0 Å². The number of hydrogen-bond acceptors (Lipinski definition) is 0. The molecule has 0 spiro atoms. The van der Waals surface area contributed by atoms with E-state index in [1.807, 2.05) is 19.9 Å². The Labute approximate surface area is 84.1 Å². The zero-order valence-electron chi connectivity index (χ0n) is 9.85. The van der Waals surface area contributed by atoms with E-state index in [0.717, 1.165) is 12.8 Å². The van der Waals surface area contributed by atoms with E-state index >= 15 is 0 Å². The van der Waals surface area contributed by atoms with Crippen molar-refractivity contribution in [2.45, 2.75) is 47.5 Å². The predicted molar refractivity (Wildman–Crippen MR) is 64.0 cm³/mol. The van der Waals surface area contributed by atoms with Gasteiger partial charge < -0.3 is 0 Å². The van der Waals surface area contributed by atoms with Gasteiger partial charge in [-0.3, -0.25) is 0 Å². The van der Waals surface area contributed by atoms with Crippen LogP contribution in [0.1, 0.15) is 47.5 Å². The van der Waals surface area contributed by atoms with Crippen LogP contribution in [0.4, 0.5) is 0 Å². The lowest BCUT2D eigenvalue weighted by Gasteiger charge is -2.05. The van der Waals surface area contributed by atoms with Gasteiger partial charge in [0.25, 0.3) is 0 Å². The highest BCUT2D eigenvalue weighted by Gasteiger charge is 1.96. The van der Waals surface area contributed by atoms with Crippen LogP contribution in [0.25, 0.3) is 0 Å². The van der Waals surface area contributed by atoms with Gasteiger partial charge in [0, 0.05) is 0 Å². The highest BCUT2D eigenvalue weighted by Crippen LogP contribution is 2.16. The topological polar surface area (TPSA) is 0 Å². The van der Waals surface area contributed by atoms with Crippen LogP contribution >= 0.6 is 0 Å². The Hall–Kier alpha value is -0.780. The average molecular weight is 180 g/mol. The molecule has 0 bridgehead atoms. The normalized spacial score (nSPS) is 11.8. The quantitative estimate of drug-likeness (QED) is 0.540. The van der Waals surface area contributed by atoms with Crippen LogP contribution in [-0.2, 0) is 0 Å². The third-order valence-corrected chi connectivity index (χ3v) is 1.84. The summed E-state index contributed by atoms with van der Waals surface area (Å²) in [4.78, 5) is 0. The summed E-state index contributed by atoms with van der Waals surface area (Å²) in [6.07, 6.45) is 8.35. The Morgan fingerprint density at radius 1 is 1.08 bits per heavy atom. The highest BCUT2D eigenvalue weighted by atomic mass is 14.0. The molecule has 0 rings (SSSR count). The van der Waals surface area contributed by atoms with Gasteiger partial charge in [-0.1, -0.05) is 52.5 Å². The van der Waals surface area contributed by atoms with Gasteiger partial charge in [0.2, 0.25) is 0 Å². The number of hydrogen-bond donors (Lipinski definition) is 0. The molecule has 0 nitrogen and oxygen atoms in total. The van der Waals surface area contributed by atoms with Crippen molar-refractivity contribution in [2.24, 2.45) is 0 Å². The Bertz CT molecular complexity index is 170. The first-order chi connectivity index (χ1) is 6.29. The summed E-state index contributed by atoms with van der Waals surface area (Å²) in [5.41, 5.74) is 2.84. The molecule has 0 heteroatoms. The summed E-state index contributed by atoms with van der Waals surface area (Å²) in [7, 11) is 0. The van der Waals surface area contributed by atoms with Crippen LogP contribution in [-0.4, -0.2) is 0 Å². The van der Waals surface area contributed by atoms with Crippen LogP contribution in [0.3, 0.4) is 0 Å². The predicted octanol–water partition coefficient (Wildman–Crippen LogP) is 4.89. The molecule has 0 N–H and O–H groups in total. The summed E-state index contributed by atoms with van der Waals surface area (Å²) in [5, 5.41) is 0. The summed E-state index contributed by atoms with van der Waals surface area (Å²) < 4.78 is 0. The van der Waals surface area contributed by atoms with E-state index in [4.69, 9.17) is 0 Å². The smallest absolute Gasteiger partial charge is 0.0305 e. The van der Waals surface area contributed by atoms with Gasteiger partial charge in [-0.25, -0.2) is 0 Å². The first kappa shape index (κ1) is 14.7. The molecule has 0 aromatic rings. The second-order valence-corrected chi connectivity index (χ2v) is 2.45. The van der Waals surface area contributed by atoms with E-state index in [1.165, 1.54) is 11.1 Å². The van der Waals surface area contributed by atoms with Crippen LogP contribution in [0, 0.1) is 0 Å². The van der Waals surface area contributed by atoms with E-state index in [-0.39, 0.29) is 0 Å². The fraction of sp³-hybridized carbons (Fsp3) is 0.538. The van der Waals surface area contributed by atoms with Crippen molar-refractivity contribution in [1.82, 2.24) is 0 Å². The lowest BCUT2D eigenvalue weighted by molar-refractivity contribution is 1.02. The molecule has 0 aromatic carbocycles. The van der Waals surface area contributed by atoms with E-state index < -0.39 is 0 Å². The molecule has 0 heterocycles. The molecule has 0 aromatic heterocycles. The summed E-state index contributed by atoms with van der Waals surface area (Å²) in [6, 6.07) is 0. The van der Waals surface area contributed by atoms with Gasteiger partial charge in [-0.05, 0) is 30.9 Å². The van der Waals surface area contributed by atoms with Crippen molar-refractivity contribution in [1.29, 1.82) is 0 Å². The minimum Gasteiger partial charge on any atom is -0.0991 e. The molecule has 0 aliphatic rings. The van der Waals surface area contributed by atoms with Crippen molar-refractivity contribution >= 4 is 0 Å². The lowest BCUT2D eigenvalue weighted by Crippen LogP contribution is -1.85. The molecular formula is C13H24. The molecule has 76 valence electrons. The van der Waals surface area contributed by atoms with Crippen LogP contribution in [0.5, 0.6) is 0 Å². The zero-order valence-corrected chi connectivity index (χ0v) is 9.85. The maximum Gasteiger partial charge on any atom is -0.0305 e. The van der Waals surface area contributed by atoms with Gasteiger partial charge in [-0.15, -0.1) is 0 Å². The van der Waals surface area contributed by atoms with Crippen molar-refractivity contribution in [3.63, 3.8) is 0 Å². The van der Waals surface area contributed by atoms with E-state index in [0.29, 0.717) is 0 Å². The lowest BCUT2D eigenvalue weighted by atomic mass is 10.0. The van der Waals surface area contributed by atoms with Crippen molar-refractivity contribution in [2.75, 3.05) is 0 Å². The second-order valence-electron chi connectivity index (χ2n) is 2.45. The van der Waals surface area contributed by atoms with Crippen LogP contribution < -0.4 is 0 Å². The Morgan fingerprint density at radius 2 is 1.54 bits per heavy atom. The van der Waals surface area contributed by atoms with Crippen molar-refractivity contribution < 1.29 is 0 Å². The number of rotatable bonds is 4. The third kappa shape index (κ3) is 6.39.